The molecule has 0 amide bonds. The number of benzene rings is 2. The summed E-state index contributed by atoms with van der Waals surface area (Å²) < 4.78 is 12.3. The molecule has 0 heterocycles. The van der Waals surface area contributed by atoms with E-state index in [9.17, 15) is 0 Å². The average molecular weight is 392 g/mol. The maximum absolute atomic E-state index is 5.83. The molecule has 0 aromatic heterocycles. The highest BCUT2D eigenvalue weighted by atomic mass is 79.9. The third-order valence-corrected chi connectivity index (χ3v) is 4.38. The lowest BCUT2D eigenvalue weighted by Gasteiger charge is -2.21. The van der Waals surface area contributed by atoms with E-state index in [1.165, 1.54) is 5.56 Å². The van der Waals surface area contributed by atoms with E-state index >= 15 is 0 Å². The molecule has 0 spiro atoms. The molecule has 1 N–H and O–H groups in total. The number of rotatable bonds is 9. The van der Waals surface area contributed by atoms with Crippen molar-refractivity contribution in [1.29, 1.82) is 0 Å². The summed E-state index contributed by atoms with van der Waals surface area (Å²) in [5.41, 5.74) is 2.42. The van der Waals surface area contributed by atoms with Crippen LogP contribution in [0.3, 0.4) is 0 Å². The summed E-state index contributed by atoms with van der Waals surface area (Å²) in [5.74, 6) is 1.58. The molecule has 4 heteroatoms. The van der Waals surface area contributed by atoms with E-state index in [2.05, 4.69) is 64.6 Å². The van der Waals surface area contributed by atoms with Crippen LogP contribution < -0.4 is 14.8 Å². The lowest BCUT2D eigenvalue weighted by Crippen LogP contribution is -2.21. The number of halogens is 1. The molecule has 0 aliphatic rings. The minimum absolute atomic E-state index is 0.329. The third-order valence-electron chi connectivity index (χ3n) is 3.92. The van der Waals surface area contributed by atoms with Crippen LogP contribution >= 0.6 is 15.9 Å². The Morgan fingerprint density at radius 2 is 1.88 bits per heavy atom. The van der Waals surface area contributed by atoms with E-state index in [1.807, 2.05) is 13.0 Å². The summed E-state index contributed by atoms with van der Waals surface area (Å²) in [6.07, 6.45) is 2.23. The van der Waals surface area contributed by atoms with Crippen LogP contribution in [0.15, 0.2) is 46.9 Å². The first-order chi connectivity index (χ1) is 11.7. The first kappa shape index (κ1) is 18.8. The van der Waals surface area contributed by atoms with Crippen LogP contribution in [0.5, 0.6) is 11.5 Å². The predicted octanol–water partition coefficient (Wildman–Crippen LogP) is 5.49. The van der Waals surface area contributed by atoms with E-state index in [0.29, 0.717) is 12.6 Å². The van der Waals surface area contributed by atoms with Gasteiger partial charge in [0.2, 0.25) is 0 Å². The Kier molecular flexibility index (Phi) is 7.60. The third kappa shape index (κ3) is 4.99. The van der Waals surface area contributed by atoms with E-state index < -0.39 is 0 Å². The fourth-order valence-corrected chi connectivity index (χ4v) is 3.29. The number of methoxy groups -OCH3 is 1. The molecule has 130 valence electrons. The zero-order valence-corrected chi connectivity index (χ0v) is 16.2. The molecule has 2 aromatic rings. The molecule has 0 bridgehead atoms. The normalized spacial score (nSPS) is 12.0. The van der Waals surface area contributed by atoms with Gasteiger partial charge in [0.25, 0.3) is 0 Å². The quantitative estimate of drug-likeness (QED) is 0.612. The second kappa shape index (κ2) is 9.70. The predicted molar refractivity (Wildman–Crippen MR) is 103 cm³/mol. The minimum Gasteiger partial charge on any atom is -0.493 e. The van der Waals surface area contributed by atoms with Crippen LogP contribution in [-0.2, 0) is 6.54 Å². The monoisotopic (exact) mass is 391 g/mol. The molecule has 0 aliphatic carbocycles. The van der Waals surface area contributed by atoms with Crippen LogP contribution in [0.2, 0.25) is 0 Å². The zero-order valence-electron chi connectivity index (χ0n) is 14.6. The smallest absolute Gasteiger partial charge is 0.165 e. The van der Waals surface area contributed by atoms with Crippen LogP contribution in [0.4, 0.5) is 0 Å². The van der Waals surface area contributed by atoms with Gasteiger partial charge in [0.15, 0.2) is 11.5 Å². The van der Waals surface area contributed by atoms with Crippen LogP contribution in [0, 0.1) is 0 Å². The standard InChI is InChI=1S/C20H26BrNO2/c1-4-9-18(15-10-7-6-8-11-15)22-14-16-12-17(21)13-19(23-3)20(16)24-5-2/h6-8,10-13,18,22H,4-5,9,14H2,1-3H3. The molecular weight excluding hydrogens is 366 g/mol. The molecule has 1 atom stereocenters. The lowest BCUT2D eigenvalue weighted by atomic mass is 10.0. The summed E-state index contributed by atoms with van der Waals surface area (Å²) in [6.45, 7) is 5.54. The molecule has 0 radical (unpaired) electrons. The maximum Gasteiger partial charge on any atom is 0.165 e. The fraction of sp³-hybridized carbons (Fsp3) is 0.400. The second-order valence-corrected chi connectivity index (χ2v) is 6.58. The Morgan fingerprint density at radius 3 is 2.50 bits per heavy atom. The van der Waals surface area contributed by atoms with Gasteiger partial charge < -0.3 is 14.8 Å². The Balaban J connectivity index is 2.21. The highest BCUT2D eigenvalue weighted by Gasteiger charge is 2.15. The molecule has 0 fully saturated rings. The van der Waals surface area contributed by atoms with Crippen molar-refractivity contribution in [2.24, 2.45) is 0 Å². The van der Waals surface area contributed by atoms with Crippen LogP contribution in [0.1, 0.15) is 43.9 Å². The molecular formula is C20H26BrNO2. The molecule has 0 aliphatic heterocycles. The van der Waals surface area contributed by atoms with Crippen molar-refractivity contribution < 1.29 is 9.47 Å². The van der Waals surface area contributed by atoms with Crippen molar-refractivity contribution >= 4 is 15.9 Å². The van der Waals surface area contributed by atoms with E-state index in [-0.39, 0.29) is 0 Å². The molecule has 24 heavy (non-hydrogen) atoms. The van der Waals surface area contributed by atoms with Gasteiger partial charge in [-0.3, -0.25) is 0 Å². The summed E-state index contributed by atoms with van der Waals surface area (Å²) in [5, 5.41) is 3.67. The van der Waals surface area contributed by atoms with Crippen molar-refractivity contribution in [3.8, 4) is 11.5 Å². The molecule has 3 nitrogen and oxygen atoms in total. The summed E-state index contributed by atoms with van der Waals surface area (Å²) >= 11 is 3.56. The number of nitrogens with one attached hydrogen (secondary N) is 1. The number of hydrogen-bond donors (Lipinski definition) is 1. The van der Waals surface area contributed by atoms with Gasteiger partial charge in [0.05, 0.1) is 13.7 Å². The molecule has 2 rings (SSSR count). The number of hydrogen-bond acceptors (Lipinski definition) is 3. The zero-order chi connectivity index (χ0) is 17.4. The van der Waals surface area contributed by atoms with Gasteiger partial charge in [-0.15, -0.1) is 0 Å². The SMILES string of the molecule is CCCC(NCc1cc(Br)cc(OC)c1OCC)c1ccccc1. The van der Waals surface area contributed by atoms with Gasteiger partial charge in [-0.2, -0.15) is 0 Å². The molecule has 1 unspecified atom stereocenters. The molecule has 0 saturated heterocycles. The van der Waals surface area contributed by atoms with Crippen LogP contribution in [0.25, 0.3) is 0 Å². The van der Waals surface area contributed by atoms with Gasteiger partial charge in [-0.1, -0.05) is 59.6 Å². The average Bonchev–Trinajstić information content (AvgIpc) is 2.61. The van der Waals surface area contributed by atoms with E-state index in [0.717, 1.165) is 40.9 Å². The summed E-state index contributed by atoms with van der Waals surface area (Å²) in [4.78, 5) is 0. The second-order valence-electron chi connectivity index (χ2n) is 5.66. The maximum atomic E-state index is 5.83. The van der Waals surface area contributed by atoms with E-state index in [1.54, 1.807) is 7.11 Å². The first-order valence-electron chi connectivity index (χ1n) is 8.47. The first-order valence-corrected chi connectivity index (χ1v) is 9.26. The lowest BCUT2D eigenvalue weighted by molar-refractivity contribution is 0.305. The Labute approximate surface area is 153 Å². The fourth-order valence-electron chi connectivity index (χ4n) is 2.81. The van der Waals surface area contributed by atoms with Crippen LogP contribution in [-0.4, -0.2) is 13.7 Å². The Hall–Kier alpha value is -1.52. The van der Waals surface area contributed by atoms with E-state index in [4.69, 9.17) is 9.47 Å². The summed E-state index contributed by atoms with van der Waals surface area (Å²) in [6, 6.07) is 15.0. The van der Waals surface area contributed by atoms with Crippen molar-refractivity contribution in [2.45, 2.75) is 39.3 Å². The summed E-state index contributed by atoms with van der Waals surface area (Å²) in [7, 11) is 1.67. The van der Waals surface area contributed by atoms with Crippen molar-refractivity contribution in [1.82, 2.24) is 5.32 Å². The van der Waals surface area contributed by atoms with Crippen molar-refractivity contribution in [3.05, 3.63) is 58.1 Å². The minimum atomic E-state index is 0.329. The van der Waals surface area contributed by atoms with Gasteiger partial charge in [0, 0.05) is 22.6 Å². The number of ether oxygens (including phenoxy) is 2. The van der Waals surface area contributed by atoms with Gasteiger partial charge >= 0.3 is 0 Å². The van der Waals surface area contributed by atoms with Crippen molar-refractivity contribution in [3.63, 3.8) is 0 Å². The Bertz CT molecular complexity index is 631. The van der Waals surface area contributed by atoms with Crippen molar-refractivity contribution in [2.75, 3.05) is 13.7 Å². The highest BCUT2D eigenvalue weighted by Crippen LogP contribution is 2.35. The van der Waals surface area contributed by atoms with Gasteiger partial charge in [-0.05, 0) is 31.0 Å². The highest BCUT2D eigenvalue weighted by molar-refractivity contribution is 9.10. The van der Waals surface area contributed by atoms with Gasteiger partial charge in [0.1, 0.15) is 0 Å². The molecule has 0 saturated carbocycles. The largest absolute Gasteiger partial charge is 0.493 e. The molecule has 2 aromatic carbocycles. The van der Waals surface area contributed by atoms with Gasteiger partial charge in [-0.25, -0.2) is 0 Å². The Morgan fingerprint density at radius 1 is 1.12 bits per heavy atom. The topological polar surface area (TPSA) is 30.5 Å².